The topological polar surface area (TPSA) is 75.6 Å². The van der Waals surface area contributed by atoms with Gasteiger partial charge in [-0.05, 0) is 43.3 Å². The van der Waals surface area contributed by atoms with Crippen LogP contribution >= 0.6 is 23.1 Å². The highest BCUT2D eigenvalue weighted by atomic mass is 32.2. The number of carbonyl (C=O) groups excluding carboxylic acids is 1. The molecule has 1 aromatic heterocycles. The Balaban J connectivity index is 1.85. The van der Waals surface area contributed by atoms with Gasteiger partial charge in [0.05, 0.1) is 18.9 Å². The lowest BCUT2D eigenvalue weighted by Gasteiger charge is -2.11. The van der Waals surface area contributed by atoms with Crippen LogP contribution in [0.3, 0.4) is 0 Å². The number of ether oxygens (including phenoxy) is 1. The minimum Gasteiger partial charge on any atom is -0.497 e. The lowest BCUT2D eigenvalue weighted by molar-refractivity contribution is -0.120. The van der Waals surface area contributed by atoms with Gasteiger partial charge in [0.1, 0.15) is 10.6 Å². The van der Waals surface area contributed by atoms with Crippen LogP contribution in [0.25, 0.3) is 0 Å². The molecule has 1 heterocycles. The first-order valence-corrected chi connectivity index (χ1v) is 8.59. The van der Waals surface area contributed by atoms with Crippen molar-refractivity contribution in [2.75, 3.05) is 7.11 Å². The van der Waals surface area contributed by atoms with Crippen molar-refractivity contribution >= 4 is 35.0 Å². The summed E-state index contributed by atoms with van der Waals surface area (Å²) in [6.07, 6.45) is 0. The van der Waals surface area contributed by atoms with Crippen molar-refractivity contribution in [2.24, 2.45) is 0 Å². The number of rotatable bonds is 7. The third kappa shape index (κ3) is 5.01. The van der Waals surface area contributed by atoms with E-state index in [0.29, 0.717) is 6.54 Å². The van der Waals surface area contributed by atoms with E-state index in [-0.39, 0.29) is 16.0 Å². The number of carboxylic acids is 1. The summed E-state index contributed by atoms with van der Waals surface area (Å²) in [5.41, 5.74) is 0. The summed E-state index contributed by atoms with van der Waals surface area (Å²) >= 11 is 2.63. The molecule has 1 unspecified atom stereocenters. The van der Waals surface area contributed by atoms with E-state index in [0.717, 1.165) is 15.5 Å². The molecule has 0 saturated heterocycles. The van der Waals surface area contributed by atoms with Crippen LogP contribution in [-0.2, 0) is 11.3 Å². The van der Waals surface area contributed by atoms with Crippen LogP contribution < -0.4 is 10.1 Å². The number of hydrogen-bond acceptors (Lipinski definition) is 5. The Labute approximate surface area is 142 Å². The Morgan fingerprint density at radius 1 is 1.26 bits per heavy atom. The fourth-order valence-corrected chi connectivity index (χ4v) is 3.50. The zero-order valence-electron chi connectivity index (χ0n) is 12.7. The van der Waals surface area contributed by atoms with E-state index in [1.54, 1.807) is 19.2 Å². The molecule has 1 amide bonds. The maximum absolute atomic E-state index is 12.1. The molecular formula is C16H17NO4S2. The van der Waals surface area contributed by atoms with Crippen molar-refractivity contribution in [1.82, 2.24) is 5.32 Å². The average Bonchev–Trinajstić information content (AvgIpc) is 3.02. The van der Waals surface area contributed by atoms with Crippen molar-refractivity contribution in [3.63, 3.8) is 0 Å². The van der Waals surface area contributed by atoms with Gasteiger partial charge in [-0.1, -0.05) is 0 Å². The summed E-state index contributed by atoms with van der Waals surface area (Å²) in [5, 5.41) is 11.5. The van der Waals surface area contributed by atoms with Gasteiger partial charge in [0.15, 0.2) is 0 Å². The molecule has 0 aliphatic rings. The SMILES string of the molecule is COc1ccc(SC(C)C(=O)NCc2ccc(C(=O)O)s2)cc1. The van der Waals surface area contributed by atoms with E-state index in [1.807, 2.05) is 31.2 Å². The number of amides is 1. The van der Waals surface area contributed by atoms with E-state index < -0.39 is 5.97 Å². The minimum atomic E-state index is -0.948. The first-order valence-electron chi connectivity index (χ1n) is 6.90. The van der Waals surface area contributed by atoms with Crippen LogP contribution in [-0.4, -0.2) is 29.3 Å². The van der Waals surface area contributed by atoms with Crippen molar-refractivity contribution < 1.29 is 19.4 Å². The van der Waals surface area contributed by atoms with Gasteiger partial charge in [-0.3, -0.25) is 4.79 Å². The van der Waals surface area contributed by atoms with E-state index in [2.05, 4.69) is 5.32 Å². The maximum Gasteiger partial charge on any atom is 0.345 e. The molecule has 0 saturated carbocycles. The number of thioether (sulfide) groups is 1. The summed E-state index contributed by atoms with van der Waals surface area (Å²) in [7, 11) is 1.61. The normalized spacial score (nSPS) is 11.7. The summed E-state index contributed by atoms with van der Waals surface area (Å²) in [5.74, 6) is -0.259. The van der Waals surface area contributed by atoms with Gasteiger partial charge >= 0.3 is 5.97 Å². The van der Waals surface area contributed by atoms with E-state index in [1.165, 1.54) is 23.1 Å². The van der Waals surface area contributed by atoms with Gasteiger partial charge < -0.3 is 15.2 Å². The smallest absolute Gasteiger partial charge is 0.345 e. The molecule has 0 bridgehead atoms. The largest absolute Gasteiger partial charge is 0.497 e. The molecule has 2 rings (SSSR count). The standard InChI is InChI=1S/C16H17NO4S2/c1-10(22-12-5-3-11(21-2)4-6-12)15(18)17-9-13-7-8-14(23-13)16(19)20/h3-8,10H,9H2,1-2H3,(H,17,18)(H,19,20). The van der Waals surface area contributed by atoms with E-state index in [4.69, 9.17) is 9.84 Å². The molecule has 0 aliphatic carbocycles. The Morgan fingerprint density at radius 2 is 1.96 bits per heavy atom. The molecule has 0 aliphatic heterocycles. The van der Waals surface area contributed by atoms with Crippen molar-refractivity contribution in [2.45, 2.75) is 23.6 Å². The molecule has 122 valence electrons. The fraction of sp³-hybridized carbons (Fsp3) is 0.250. The van der Waals surface area contributed by atoms with Gasteiger partial charge in [0.2, 0.25) is 5.91 Å². The number of carboxylic acid groups (broad SMARTS) is 1. The average molecular weight is 351 g/mol. The van der Waals surface area contributed by atoms with Crippen LogP contribution in [0.15, 0.2) is 41.3 Å². The Kier molecular flexibility index (Phi) is 6.06. The highest BCUT2D eigenvalue weighted by Gasteiger charge is 2.15. The summed E-state index contributed by atoms with van der Waals surface area (Å²) in [6, 6.07) is 10.8. The lowest BCUT2D eigenvalue weighted by atomic mass is 10.3. The van der Waals surface area contributed by atoms with Crippen molar-refractivity contribution in [3.05, 3.63) is 46.2 Å². The Morgan fingerprint density at radius 3 is 2.52 bits per heavy atom. The molecule has 0 spiro atoms. The van der Waals surface area contributed by atoms with Crippen LogP contribution in [0.4, 0.5) is 0 Å². The zero-order chi connectivity index (χ0) is 16.8. The molecule has 0 radical (unpaired) electrons. The predicted octanol–water partition coefficient (Wildman–Crippen LogP) is 3.25. The number of nitrogens with one attached hydrogen (secondary N) is 1. The number of aromatic carboxylic acids is 1. The van der Waals surface area contributed by atoms with Gasteiger partial charge in [-0.25, -0.2) is 4.79 Å². The van der Waals surface area contributed by atoms with Gasteiger partial charge in [0, 0.05) is 9.77 Å². The minimum absolute atomic E-state index is 0.0870. The molecule has 1 atom stereocenters. The predicted molar refractivity (Wildman–Crippen MR) is 91.4 cm³/mol. The van der Waals surface area contributed by atoms with Gasteiger partial charge in [-0.15, -0.1) is 23.1 Å². The third-order valence-electron chi connectivity index (χ3n) is 3.05. The van der Waals surface area contributed by atoms with E-state index >= 15 is 0 Å². The second-order valence-corrected chi connectivity index (χ2v) is 7.31. The monoisotopic (exact) mass is 351 g/mol. The summed E-state index contributed by atoms with van der Waals surface area (Å²) in [6.45, 7) is 2.17. The summed E-state index contributed by atoms with van der Waals surface area (Å²) in [4.78, 5) is 25.0. The quantitative estimate of drug-likeness (QED) is 0.749. The molecule has 23 heavy (non-hydrogen) atoms. The third-order valence-corrected chi connectivity index (χ3v) is 5.24. The number of methoxy groups -OCH3 is 1. The van der Waals surface area contributed by atoms with Crippen LogP contribution in [0.1, 0.15) is 21.5 Å². The van der Waals surface area contributed by atoms with Crippen molar-refractivity contribution in [1.29, 1.82) is 0 Å². The Hall–Kier alpha value is -1.99. The second kappa shape index (κ2) is 8.03. The lowest BCUT2D eigenvalue weighted by Crippen LogP contribution is -2.30. The van der Waals surface area contributed by atoms with E-state index in [9.17, 15) is 9.59 Å². The molecule has 1 aromatic carbocycles. The molecular weight excluding hydrogens is 334 g/mol. The highest BCUT2D eigenvalue weighted by molar-refractivity contribution is 8.00. The first-order chi connectivity index (χ1) is 11.0. The van der Waals surface area contributed by atoms with Crippen LogP contribution in [0.2, 0.25) is 0 Å². The summed E-state index contributed by atoms with van der Waals surface area (Å²) < 4.78 is 5.10. The highest BCUT2D eigenvalue weighted by Crippen LogP contribution is 2.25. The first kappa shape index (κ1) is 17.4. The number of hydrogen-bond donors (Lipinski definition) is 2. The number of benzene rings is 1. The van der Waals surface area contributed by atoms with Crippen LogP contribution in [0, 0.1) is 0 Å². The molecule has 7 heteroatoms. The second-order valence-electron chi connectivity index (χ2n) is 4.72. The molecule has 2 N–H and O–H groups in total. The number of thiophene rings is 1. The number of carbonyl (C=O) groups is 2. The maximum atomic E-state index is 12.1. The molecule has 5 nitrogen and oxygen atoms in total. The zero-order valence-corrected chi connectivity index (χ0v) is 14.4. The van der Waals surface area contributed by atoms with Gasteiger partial charge in [-0.2, -0.15) is 0 Å². The molecule has 2 aromatic rings. The van der Waals surface area contributed by atoms with Gasteiger partial charge in [0.25, 0.3) is 0 Å². The fourth-order valence-electron chi connectivity index (χ4n) is 1.82. The van der Waals surface area contributed by atoms with Crippen LogP contribution in [0.5, 0.6) is 5.75 Å². The van der Waals surface area contributed by atoms with Crippen molar-refractivity contribution in [3.8, 4) is 5.75 Å². The molecule has 0 fully saturated rings. The Bertz CT molecular complexity index is 682.